The molecule has 1 saturated heterocycles. The fraction of sp³-hybridized carbons (Fsp3) is 1.00. The number of aliphatic hydroxyl groups excluding tert-OH is 3. The van der Waals surface area contributed by atoms with Crippen molar-refractivity contribution in [1.82, 2.24) is 5.32 Å². The van der Waals surface area contributed by atoms with Gasteiger partial charge in [0, 0.05) is 25.0 Å². The van der Waals surface area contributed by atoms with Crippen LogP contribution in [-0.2, 0) is 9.47 Å². The summed E-state index contributed by atoms with van der Waals surface area (Å²) >= 11 is 0. The van der Waals surface area contributed by atoms with Crippen molar-refractivity contribution in [2.45, 2.75) is 68.8 Å². The first kappa shape index (κ1) is 17.1. The van der Waals surface area contributed by atoms with Gasteiger partial charge in [0.05, 0.1) is 31.5 Å². The highest BCUT2D eigenvalue weighted by Crippen LogP contribution is 2.27. The minimum Gasteiger partial charge on any atom is -0.394 e. The van der Waals surface area contributed by atoms with Crippen LogP contribution in [0.3, 0.4) is 0 Å². The minimum absolute atomic E-state index is 0.0277. The molecule has 0 spiro atoms. The van der Waals surface area contributed by atoms with Gasteiger partial charge in [0.1, 0.15) is 0 Å². The van der Waals surface area contributed by atoms with Crippen molar-refractivity contribution >= 4 is 0 Å². The van der Waals surface area contributed by atoms with Gasteiger partial charge in [-0.05, 0) is 25.7 Å². The first-order valence-corrected chi connectivity index (χ1v) is 7.80. The van der Waals surface area contributed by atoms with E-state index >= 15 is 0 Å². The van der Waals surface area contributed by atoms with Crippen LogP contribution in [0.1, 0.15) is 32.1 Å². The van der Waals surface area contributed by atoms with Crippen molar-refractivity contribution in [3.63, 3.8) is 0 Å². The van der Waals surface area contributed by atoms with Crippen LogP contribution in [0.2, 0.25) is 0 Å². The summed E-state index contributed by atoms with van der Waals surface area (Å²) in [6, 6.07) is 0.234. The van der Waals surface area contributed by atoms with Crippen molar-refractivity contribution < 1.29 is 24.8 Å². The zero-order valence-corrected chi connectivity index (χ0v) is 12.4. The molecular formula is C14H28N2O5. The molecule has 6 atom stereocenters. The second-order valence-electron chi connectivity index (χ2n) is 6.11. The Labute approximate surface area is 125 Å². The van der Waals surface area contributed by atoms with Crippen LogP contribution < -0.4 is 11.1 Å². The fourth-order valence-electron chi connectivity index (χ4n) is 3.08. The number of nitrogens with one attached hydrogen (secondary N) is 1. The third-order valence-corrected chi connectivity index (χ3v) is 4.17. The number of aliphatic hydroxyl groups is 3. The average Bonchev–Trinajstić information content (AvgIpc) is 2.91. The lowest BCUT2D eigenvalue weighted by Gasteiger charge is -2.35. The largest absolute Gasteiger partial charge is 0.394 e. The van der Waals surface area contributed by atoms with Gasteiger partial charge in [-0.15, -0.1) is 0 Å². The molecule has 0 amide bonds. The molecule has 2 aliphatic rings. The van der Waals surface area contributed by atoms with Gasteiger partial charge < -0.3 is 35.8 Å². The Kier molecular flexibility index (Phi) is 6.81. The van der Waals surface area contributed by atoms with E-state index in [2.05, 4.69) is 5.32 Å². The molecule has 0 bridgehead atoms. The van der Waals surface area contributed by atoms with Crippen molar-refractivity contribution in [1.29, 1.82) is 0 Å². The van der Waals surface area contributed by atoms with Crippen molar-refractivity contribution in [2.24, 2.45) is 5.73 Å². The summed E-state index contributed by atoms with van der Waals surface area (Å²) in [4.78, 5) is 0. The van der Waals surface area contributed by atoms with Gasteiger partial charge in [-0.1, -0.05) is 0 Å². The SMILES string of the molecule is NC1CC(NCC(O)CO)CC(OC2CCC(CO)O2)C1. The highest BCUT2D eigenvalue weighted by Gasteiger charge is 2.32. The van der Waals surface area contributed by atoms with Crippen LogP contribution in [0.4, 0.5) is 0 Å². The van der Waals surface area contributed by atoms with Crippen molar-refractivity contribution in [3.05, 3.63) is 0 Å². The predicted molar refractivity (Wildman–Crippen MR) is 76.6 cm³/mol. The zero-order chi connectivity index (χ0) is 15.2. The summed E-state index contributed by atoms with van der Waals surface area (Å²) in [6.45, 7) is 0.143. The molecule has 21 heavy (non-hydrogen) atoms. The maximum absolute atomic E-state index is 9.39. The van der Waals surface area contributed by atoms with Crippen LogP contribution in [0.25, 0.3) is 0 Å². The summed E-state index contributed by atoms with van der Waals surface area (Å²) in [5.41, 5.74) is 6.07. The molecular weight excluding hydrogens is 276 g/mol. The predicted octanol–water partition coefficient (Wildman–Crippen LogP) is -1.31. The Hall–Kier alpha value is -0.280. The second kappa shape index (κ2) is 8.38. The van der Waals surface area contributed by atoms with E-state index in [0.717, 1.165) is 32.1 Å². The quantitative estimate of drug-likeness (QED) is 0.396. The molecule has 0 aromatic carbocycles. The summed E-state index contributed by atoms with van der Waals surface area (Å²) in [5, 5.41) is 30.5. The Morgan fingerprint density at radius 2 is 2.05 bits per heavy atom. The number of hydrogen-bond acceptors (Lipinski definition) is 7. The Morgan fingerprint density at radius 3 is 2.71 bits per heavy atom. The van der Waals surface area contributed by atoms with Gasteiger partial charge in [-0.2, -0.15) is 0 Å². The maximum Gasteiger partial charge on any atom is 0.158 e. The van der Waals surface area contributed by atoms with E-state index in [-0.39, 0.29) is 43.8 Å². The lowest BCUT2D eigenvalue weighted by molar-refractivity contribution is -0.175. The molecule has 2 fully saturated rings. The molecule has 6 N–H and O–H groups in total. The van der Waals surface area contributed by atoms with Crippen LogP contribution in [0, 0.1) is 0 Å². The molecule has 1 heterocycles. The van der Waals surface area contributed by atoms with Crippen LogP contribution in [0.5, 0.6) is 0 Å². The molecule has 0 radical (unpaired) electrons. The highest BCUT2D eigenvalue weighted by atomic mass is 16.7. The molecule has 0 aromatic rings. The lowest BCUT2D eigenvalue weighted by atomic mass is 9.89. The molecule has 0 aromatic heterocycles. The average molecular weight is 304 g/mol. The summed E-state index contributed by atoms with van der Waals surface area (Å²) < 4.78 is 11.5. The first-order valence-electron chi connectivity index (χ1n) is 7.80. The molecule has 1 saturated carbocycles. The second-order valence-corrected chi connectivity index (χ2v) is 6.11. The lowest BCUT2D eigenvalue weighted by Crippen LogP contribution is -2.48. The van der Waals surface area contributed by atoms with Gasteiger partial charge >= 0.3 is 0 Å². The van der Waals surface area contributed by atoms with Crippen LogP contribution in [0.15, 0.2) is 0 Å². The number of rotatable bonds is 7. The number of nitrogens with two attached hydrogens (primary N) is 1. The van der Waals surface area contributed by atoms with Gasteiger partial charge in [0.15, 0.2) is 6.29 Å². The van der Waals surface area contributed by atoms with Crippen LogP contribution in [-0.4, -0.2) is 71.8 Å². The van der Waals surface area contributed by atoms with Gasteiger partial charge in [0.25, 0.3) is 0 Å². The van der Waals surface area contributed by atoms with E-state index in [4.69, 9.17) is 25.4 Å². The molecule has 7 nitrogen and oxygen atoms in total. The molecule has 7 heteroatoms. The van der Waals surface area contributed by atoms with Gasteiger partial charge in [-0.25, -0.2) is 0 Å². The van der Waals surface area contributed by atoms with Crippen LogP contribution >= 0.6 is 0 Å². The van der Waals surface area contributed by atoms with E-state index in [0.29, 0.717) is 6.54 Å². The minimum atomic E-state index is -0.744. The third kappa shape index (κ3) is 5.45. The van der Waals surface area contributed by atoms with Gasteiger partial charge in [0.2, 0.25) is 0 Å². The maximum atomic E-state index is 9.39. The van der Waals surface area contributed by atoms with Crippen molar-refractivity contribution in [2.75, 3.05) is 19.8 Å². The van der Waals surface area contributed by atoms with E-state index in [1.807, 2.05) is 0 Å². The topological polar surface area (TPSA) is 117 Å². The monoisotopic (exact) mass is 304 g/mol. The molecule has 1 aliphatic heterocycles. The van der Waals surface area contributed by atoms with Crippen molar-refractivity contribution in [3.8, 4) is 0 Å². The standard InChI is InChI=1S/C14H28N2O5/c15-9-3-10(16-6-11(19)7-17)5-13(4-9)21-14-2-1-12(8-18)20-14/h9-14,16-19H,1-8,15H2. The highest BCUT2D eigenvalue weighted by molar-refractivity contribution is 4.86. The Balaban J connectivity index is 1.75. The van der Waals surface area contributed by atoms with Gasteiger partial charge in [-0.3, -0.25) is 0 Å². The smallest absolute Gasteiger partial charge is 0.158 e. The summed E-state index contributed by atoms with van der Waals surface area (Å²) in [6.07, 6.45) is 3.00. The molecule has 2 rings (SSSR count). The number of ether oxygens (including phenoxy) is 2. The normalized spacial score (nSPS) is 38.6. The summed E-state index contributed by atoms with van der Waals surface area (Å²) in [5.74, 6) is 0. The zero-order valence-electron chi connectivity index (χ0n) is 12.4. The molecule has 1 aliphatic carbocycles. The third-order valence-electron chi connectivity index (χ3n) is 4.17. The fourth-order valence-corrected chi connectivity index (χ4v) is 3.08. The molecule has 6 unspecified atom stereocenters. The number of hydrogen-bond donors (Lipinski definition) is 5. The van der Waals surface area contributed by atoms with E-state index in [9.17, 15) is 5.11 Å². The van der Waals surface area contributed by atoms with E-state index < -0.39 is 6.10 Å². The molecule has 124 valence electrons. The Morgan fingerprint density at radius 1 is 1.24 bits per heavy atom. The van der Waals surface area contributed by atoms with E-state index in [1.54, 1.807) is 0 Å². The first-order chi connectivity index (χ1) is 10.1. The summed E-state index contributed by atoms with van der Waals surface area (Å²) in [7, 11) is 0. The Bertz CT molecular complexity index is 307. The van der Waals surface area contributed by atoms with E-state index in [1.165, 1.54) is 0 Å².